The summed E-state index contributed by atoms with van der Waals surface area (Å²) in [6.07, 6.45) is 0. The van der Waals surface area contributed by atoms with Crippen LogP contribution in [0.2, 0.25) is 0 Å². The predicted octanol–water partition coefficient (Wildman–Crippen LogP) is 0.789. The molecule has 0 spiro atoms. The number of hydrogen-bond donors (Lipinski definition) is 2. The minimum absolute atomic E-state index is 0. The van der Waals surface area contributed by atoms with Crippen LogP contribution in [0.1, 0.15) is 11.1 Å². The van der Waals surface area contributed by atoms with E-state index in [1.54, 1.807) is 0 Å². The van der Waals surface area contributed by atoms with Gasteiger partial charge in [-0.05, 0) is 36.1 Å². The Balaban J connectivity index is 0.000000179. The van der Waals surface area contributed by atoms with Crippen LogP contribution in [0.5, 0.6) is 0 Å². The van der Waals surface area contributed by atoms with Crippen molar-refractivity contribution in [1.29, 1.82) is 0 Å². The van der Waals surface area contributed by atoms with Gasteiger partial charge in [-0.25, -0.2) is 0 Å². The molecule has 0 unspecified atom stereocenters. The zero-order valence-corrected chi connectivity index (χ0v) is 6.63. The first-order chi connectivity index (χ1) is 5.20. The molecule has 2 rings (SSSR count). The molecule has 2 nitrogen and oxygen atoms in total. The highest BCUT2D eigenvalue weighted by Gasteiger charge is 2.16. The Morgan fingerprint density at radius 1 is 1.09 bits per heavy atom. The van der Waals surface area contributed by atoms with Crippen LogP contribution >= 0.6 is 0 Å². The molecule has 0 fully saturated rings. The van der Waals surface area contributed by atoms with E-state index in [1.807, 2.05) is 0 Å². The summed E-state index contributed by atoms with van der Waals surface area (Å²) in [6.45, 7) is 4.32. The van der Waals surface area contributed by atoms with Crippen LogP contribution in [0.4, 0.5) is 0 Å². The van der Waals surface area contributed by atoms with Gasteiger partial charge in [-0.2, -0.15) is 0 Å². The standard InChI is InChI=1S/C8H8.BH2O2/c1-5-3-7-4-6(2)8(5)7;2-1-3/h3-4H,1-2H3;2-3H. The van der Waals surface area contributed by atoms with E-state index in [4.69, 9.17) is 10.0 Å². The van der Waals surface area contributed by atoms with Crippen molar-refractivity contribution in [3.63, 3.8) is 0 Å². The first-order valence-corrected chi connectivity index (χ1v) is 3.42. The Morgan fingerprint density at radius 3 is 1.55 bits per heavy atom. The topological polar surface area (TPSA) is 40.5 Å². The van der Waals surface area contributed by atoms with E-state index in [2.05, 4.69) is 26.0 Å². The molecule has 0 heterocycles. The van der Waals surface area contributed by atoms with Crippen LogP contribution in [0.3, 0.4) is 0 Å². The highest BCUT2D eigenvalue weighted by molar-refractivity contribution is 6.13. The van der Waals surface area contributed by atoms with E-state index >= 15 is 0 Å². The smallest absolute Gasteiger partial charge is 0.429 e. The Labute approximate surface area is 66.8 Å². The molecule has 0 aliphatic heterocycles. The van der Waals surface area contributed by atoms with Crippen LogP contribution in [0.15, 0.2) is 12.1 Å². The minimum Gasteiger partial charge on any atom is -0.429 e. The maximum atomic E-state index is 7.00. The van der Waals surface area contributed by atoms with Gasteiger partial charge in [-0.15, -0.1) is 0 Å². The first-order valence-electron chi connectivity index (χ1n) is 3.42. The van der Waals surface area contributed by atoms with Crippen molar-refractivity contribution in [2.75, 3.05) is 0 Å². The molecule has 0 atom stereocenters. The monoisotopic (exact) mass is 149 g/mol. The summed E-state index contributed by atoms with van der Waals surface area (Å²) in [7, 11) is 0. The summed E-state index contributed by atoms with van der Waals surface area (Å²) >= 11 is 0. The molecule has 2 N–H and O–H groups in total. The molecule has 3 heteroatoms. The lowest BCUT2D eigenvalue weighted by Crippen LogP contribution is -1.99. The molecular formula is C8H10BO2. The fourth-order valence-electron chi connectivity index (χ4n) is 1.41. The SMILES string of the molecule is Cc1cc2cc(C)c1-2.O[B]O. The molecule has 0 saturated carbocycles. The van der Waals surface area contributed by atoms with Crippen LogP contribution in [-0.2, 0) is 0 Å². The van der Waals surface area contributed by atoms with Gasteiger partial charge >= 0.3 is 7.69 Å². The third kappa shape index (κ3) is 1.30. The second-order valence-electron chi connectivity index (χ2n) is 2.60. The molecule has 11 heavy (non-hydrogen) atoms. The Bertz CT molecular complexity index is 248. The van der Waals surface area contributed by atoms with Gasteiger partial charge < -0.3 is 10.0 Å². The van der Waals surface area contributed by atoms with Gasteiger partial charge in [0.25, 0.3) is 0 Å². The maximum absolute atomic E-state index is 7.00. The van der Waals surface area contributed by atoms with Crippen molar-refractivity contribution in [1.82, 2.24) is 0 Å². The highest BCUT2D eigenvalue weighted by Crippen LogP contribution is 2.39. The number of aryl methyl sites for hydroxylation is 2. The van der Waals surface area contributed by atoms with Crippen molar-refractivity contribution < 1.29 is 10.0 Å². The molecule has 57 valence electrons. The van der Waals surface area contributed by atoms with Gasteiger partial charge in [0.1, 0.15) is 0 Å². The lowest BCUT2D eigenvalue weighted by molar-refractivity contribution is 0.448. The average Bonchev–Trinajstić information content (AvgIpc) is 1.86. The number of hydrogen-bond acceptors (Lipinski definition) is 2. The van der Waals surface area contributed by atoms with E-state index in [0.29, 0.717) is 0 Å². The Kier molecular flexibility index (Phi) is 2.32. The zero-order valence-electron chi connectivity index (χ0n) is 6.63. The van der Waals surface area contributed by atoms with E-state index < -0.39 is 0 Å². The predicted molar refractivity (Wildman–Crippen MR) is 45.1 cm³/mol. The molecule has 1 radical (unpaired) electrons. The van der Waals surface area contributed by atoms with Crippen molar-refractivity contribution in [2.45, 2.75) is 13.8 Å². The highest BCUT2D eigenvalue weighted by atomic mass is 16.4. The normalized spacial score (nSPS) is 9.82. The van der Waals surface area contributed by atoms with Gasteiger partial charge in [-0.1, -0.05) is 12.1 Å². The van der Waals surface area contributed by atoms with E-state index in [-0.39, 0.29) is 7.69 Å². The average molecular weight is 149 g/mol. The summed E-state index contributed by atoms with van der Waals surface area (Å²) in [5.74, 6) is 0. The molecule has 0 aromatic carbocycles. The molecule has 0 aromatic rings. The molecule has 2 aliphatic rings. The second kappa shape index (κ2) is 3.07. The Morgan fingerprint density at radius 2 is 1.45 bits per heavy atom. The van der Waals surface area contributed by atoms with Gasteiger partial charge in [0.15, 0.2) is 0 Å². The van der Waals surface area contributed by atoms with Gasteiger partial charge in [0.2, 0.25) is 0 Å². The molecule has 0 saturated heterocycles. The van der Waals surface area contributed by atoms with E-state index in [0.717, 1.165) is 0 Å². The van der Waals surface area contributed by atoms with Gasteiger partial charge in [0.05, 0.1) is 0 Å². The number of fused-ring (bicyclic) bond motifs is 1. The summed E-state index contributed by atoms with van der Waals surface area (Å²) in [5, 5.41) is 14.0. The van der Waals surface area contributed by atoms with Gasteiger partial charge in [-0.3, -0.25) is 0 Å². The molecule has 0 aromatic heterocycles. The van der Waals surface area contributed by atoms with Crippen molar-refractivity contribution in [2.24, 2.45) is 0 Å². The van der Waals surface area contributed by atoms with Crippen molar-refractivity contribution in [3.8, 4) is 11.1 Å². The lowest BCUT2D eigenvalue weighted by Gasteiger charge is -2.22. The molecule has 2 aliphatic carbocycles. The largest absolute Gasteiger partial charge is 0.482 e. The second-order valence-corrected chi connectivity index (χ2v) is 2.60. The quantitative estimate of drug-likeness (QED) is 0.543. The molecule has 0 bridgehead atoms. The third-order valence-corrected chi connectivity index (χ3v) is 1.82. The number of benzene rings is 1. The summed E-state index contributed by atoms with van der Waals surface area (Å²) < 4.78 is 0. The third-order valence-electron chi connectivity index (χ3n) is 1.82. The number of rotatable bonds is 0. The van der Waals surface area contributed by atoms with Crippen LogP contribution < -0.4 is 0 Å². The fourth-order valence-corrected chi connectivity index (χ4v) is 1.41. The lowest BCUT2D eigenvalue weighted by atomic mass is 9.82. The zero-order chi connectivity index (χ0) is 8.43. The molecular weight excluding hydrogens is 139 g/mol. The fraction of sp³-hybridized carbons (Fsp3) is 0.250. The summed E-state index contributed by atoms with van der Waals surface area (Å²) in [6, 6.07) is 4.45. The summed E-state index contributed by atoms with van der Waals surface area (Å²) in [5.41, 5.74) is 5.89. The maximum Gasteiger partial charge on any atom is 0.482 e. The summed E-state index contributed by atoms with van der Waals surface area (Å²) in [4.78, 5) is 0. The van der Waals surface area contributed by atoms with E-state index in [1.165, 1.54) is 22.3 Å². The van der Waals surface area contributed by atoms with Crippen LogP contribution in [-0.4, -0.2) is 17.7 Å². The first kappa shape index (κ1) is 8.30. The van der Waals surface area contributed by atoms with E-state index in [9.17, 15) is 0 Å². The molecule has 0 amide bonds. The van der Waals surface area contributed by atoms with Crippen molar-refractivity contribution in [3.05, 3.63) is 23.3 Å². The Hall–Kier alpha value is -0.795. The minimum atomic E-state index is 0. The van der Waals surface area contributed by atoms with Crippen molar-refractivity contribution >= 4 is 7.69 Å². The van der Waals surface area contributed by atoms with Crippen LogP contribution in [0, 0.1) is 13.8 Å². The van der Waals surface area contributed by atoms with Gasteiger partial charge in [0, 0.05) is 0 Å². The van der Waals surface area contributed by atoms with Crippen LogP contribution in [0.25, 0.3) is 11.1 Å².